The van der Waals surface area contributed by atoms with Crippen LogP contribution in [0, 0.1) is 0 Å². The molecule has 1 aromatic carbocycles. The van der Waals surface area contributed by atoms with E-state index in [2.05, 4.69) is 4.74 Å². The maximum absolute atomic E-state index is 11.5. The Morgan fingerprint density at radius 1 is 1.17 bits per heavy atom. The van der Waals surface area contributed by atoms with Gasteiger partial charge in [0.2, 0.25) is 6.29 Å². The molecule has 0 aromatic heterocycles. The van der Waals surface area contributed by atoms with Crippen LogP contribution in [0.5, 0.6) is 0 Å². The van der Waals surface area contributed by atoms with Gasteiger partial charge < -0.3 is 20.1 Å². The SMILES string of the molecule is CC(O)CC(O)OC(=O)c1ccc(C(=O)O)cc1. The number of benzene rings is 1. The van der Waals surface area contributed by atoms with Gasteiger partial charge in [-0.15, -0.1) is 0 Å². The molecule has 1 aromatic rings. The van der Waals surface area contributed by atoms with Gasteiger partial charge in [0, 0.05) is 6.42 Å². The quantitative estimate of drug-likeness (QED) is 0.526. The first kappa shape index (κ1) is 14.1. The number of hydrogen-bond donors (Lipinski definition) is 3. The molecule has 0 saturated carbocycles. The highest BCUT2D eigenvalue weighted by atomic mass is 16.6. The molecule has 0 heterocycles. The molecular formula is C12H14O6. The minimum atomic E-state index is -1.39. The van der Waals surface area contributed by atoms with E-state index < -0.39 is 24.3 Å². The van der Waals surface area contributed by atoms with Crippen LogP contribution in [-0.4, -0.2) is 39.7 Å². The van der Waals surface area contributed by atoms with Crippen LogP contribution in [0.4, 0.5) is 0 Å². The van der Waals surface area contributed by atoms with E-state index >= 15 is 0 Å². The second-order valence-corrected chi connectivity index (χ2v) is 3.83. The number of carboxylic acids is 1. The molecule has 0 bridgehead atoms. The Hall–Kier alpha value is -1.92. The van der Waals surface area contributed by atoms with Gasteiger partial charge in [0.05, 0.1) is 17.2 Å². The zero-order valence-corrected chi connectivity index (χ0v) is 9.74. The van der Waals surface area contributed by atoms with Crippen LogP contribution in [0.25, 0.3) is 0 Å². The molecule has 0 aliphatic rings. The third-order valence-electron chi connectivity index (χ3n) is 2.15. The van der Waals surface area contributed by atoms with Gasteiger partial charge in [-0.25, -0.2) is 9.59 Å². The lowest BCUT2D eigenvalue weighted by molar-refractivity contribution is -0.0837. The fraction of sp³-hybridized carbons (Fsp3) is 0.333. The fourth-order valence-corrected chi connectivity index (χ4v) is 1.28. The van der Waals surface area contributed by atoms with Gasteiger partial charge in [-0.05, 0) is 31.2 Å². The van der Waals surface area contributed by atoms with E-state index in [1.54, 1.807) is 0 Å². The van der Waals surface area contributed by atoms with Crippen LogP contribution in [0.15, 0.2) is 24.3 Å². The zero-order chi connectivity index (χ0) is 13.7. The molecule has 2 atom stereocenters. The number of aliphatic hydroxyl groups is 2. The van der Waals surface area contributed by atoms with Crippen LogP contribution in [-0.2, 0) is 4.74 Å². The first-order chi connectivity index (χ1) is 8.40. The highest BCUT2D eigenvalue weighted by molar-refractivity contribution is 5.92. The molecule has 0 aliphatic carbocycles. The van der Waals surface area contributed by atoms with Crippen molar-refractivity contribution in [1.82, 2.24) is 0 Å². The van der Waals surface area contributed by atoms with E-state index in [0.717, 1.165) is 0 Å². The number of ether oxygens (including phenoxy) is 1. The molecule has 0 saturated heterocycles. The van der Waals surface area contributed by atoms with Gasteiger partial charge in [-0.1, -0.05) is 0 Å². The van der Waals surface area contributed by atoms with Crippen LogP contribution in [0.3, 0.4) is 0 Å². The molecule has 1 rings (SSSR count). The summed E-state index contributed by atoms with van der Waals surface area (Å²) in [6.45, 7) is 1.46. The molecule has 0 spiro atoms. The number of carboxylic acid groups (broad SMARTS) is 1. The Morgan fingerprint density at radius 3 is 2.11 bits per heavy atom. The summed E-state index contributed by atoms with van der Waals surface area (Å²) in [5.74, 6) is -1.87. The lowest BCUT2D eigenvalue weighted by Crippen LogP contribution is -2.22. The highest BCUT2D eigenvalue weighted by Crippen LogP contribution is 2.08. The van der Waals surface area contributed by atoms with Crippen molar-refractivity contribution in [3.8, 4) is 0 Å². The normalized spacial score (nSPS) is 13.7. The Labute approximate surface area is 103 Å². The largest absolute Gasteiger partial charge is 0.478 e. The maximum atomic E-state index is 11.5. The van der Waals surface area contributed by atoms with Crippen LogP contribution < -0.4 is 0 Å². The lowest BCUT2D eigenvalue weighted by atomic mass is 10.1. The van der Waals surface area contributed by atoms with Crippen molar-refractivity contribution in [2.45, 2.75) is 25.7 Å². The van der Waals surface area contributed by atoms with Crippen LogP contribution in [0.2, 0.25) is 0 Å². The first-order valence-electron chi connectivity index (χ1n) is 5.30. The molecule has 0 amide bonds. The summed E-state index contributed by atoms with van der Waals surface area (Å²) in [6.07, 6.45) is -2.27. The molecular weight excluding hydrogens is 240 g/mol. The van der Waals surface area contributed by atoms with E-state index in [-0.39, 0.29) is 17.5 Å². The average Bonchev–Trinajstić information content (AvgIpc) is 2.27. The van der Waals surface area contributed by atoms with E-state index in [1.165, 1.54) is 31.2 Å². The summed E-state index contributed by atoms with van der Waals surface area (Å²) in [7, 11) is 0. The van der Waals surface area contributed by atoms with Crippen molar-refractivity contribution in [2.75, 3.05) is 0 Å². The summed E-state index contributed by atoms with van der Waals surface area (Å²) >= 11 is 0. The van der Waals surface area contributed by atoms with E-state index in [4.69, 9.17) is 10.2 Å². The number of aliphatic hydroxyl groups excluding tert-OH is 2. The number of esters is 1. The van der Waals surface area contributed by atoms with E-state index in [0.29, 0.717) is 0 Å². The predicted octanol–water partition coefficient (Wildman–Crippen LogP) is 0.631. The summed E-state index contributed by atoms with van der Waals surface area (Å²) in [5.41, 5.74) is 0.181. The minimum Gasteiger partial charge on any atom is -0.478 e. The van der Waals surface area contributed by atoms with E-state index in [9.17, 15) is 14.7 Å². The van der Waals surface area contributed by atoms with Crippen LogP contribution >= 0.6 is 0 Å². The Kier molecular flexibility index (Phi) is 4.82. The maximum Gasteiger partial charge on any atom is 0.340 e. The lowest BCUT2D eigenvalue weighted by Gasteiger charge is -2.13. The predicted molar refractivity (Wildman–Crippen MR) is 61.1 cm³/mol. The van der Waals surface area contributed by atoms with Gasteiger partial charge in [-0.2, -0.15) is 0 Å². The Balaban J connectivity index is 2.64. The average molecular weight is 254 g/mol. The van der Waals surface area contributed by atoms with Crippen LogP contribution in [0.1, 0.15) is 34.1 Å². The Bertz CT molecular complexity index is 423. The minimum absolute atomic E-state index is 0.0519. The van der Waals surface area contributed by atoms with Crippen molar-refractivity contribution in [1.29, 1.82) is 0 Å². The third-order valence-corrected chi connectivity index (χ3v) is 2.15. The van der Waals surface area contributed by atoms with Crippen molar-refractivity contribution < 1.29 is 29.6 Å². The Morgan fingerprint density at radius 2 is 1.67 bits per heavy atom. The van der Waals surface area contributed by atoms with Crippen molar-refractivity contribution >= 4 is 11.9 Å². The molecule has 6 nitrogen and oxygen atoms in total. The molecule has 3 N–H and O–H groups in total. The second-order valence-electron chi connectivity index (χ2n) is 3.83. The van der Waals surface area contributed by atoms with Crippen molar-refractivity contribution in [3.05, 3.63) is 35.4 Å². The van der Waals surface area contributed by atoms with Crippen molar-refractivity contribution in [3.63, 3.8) is 0 Å². The van der Waals surface area contributed by atoms with Gasteiger partial charge in [-0.3, -0.25) is 0 Å². The number of rotatable bonds is 5. The third kappa shape index (κ3) is 4.15. The molecule has 98 valence electrons. The zero-order valence-electron chi connectivity index (χ0n) is 9.74. The number of aromatic carboxylic acids is 1. The molecule has 0 aliphatic heterocycles. The molecule has 2 unspecified atom stereocenters. The monoisotopic (exact) mass is 254 g/mol. The standard InChI is InChI=1S/C12H14O6/c1-7(13)6-10(14)18-12(17)9-4-2-8(3-5-9)11(15)16/h2-5,7,10,13-14H,6H2,1H3,(H,15,16). The van der Waals surface area contributed by atoms with E-state index in [1.807, 2.05) is 0 Å². The molecule has 0 fully saturated rings. The molecule has 18 heavy (non-hydrogen) atoms. The molecule has 0 radical (unpaired) electrons. The molecule has 6 heteroatoms. The number of carbonyl (C=O) groups excluding carboxylic acids is 1. The number of hydrogen-bond acceptors (Lipinski definition) is 5. The second kappa shape index (κ2) is 6.13. The summed E-state index contributed by atoms with van der Waals surface area (Å²) in [4.78, 5) is 22.1. The van der Waals surface area contributed by atoms with Gasteiger partial charge in [0.15, 0.2) is 0 Å². The smallest absolute Gasteiger partial charge is 0.340 e. The van der Waals surface area contributed by atoms with Crippen molar-refractivity contribution in [2.24, 2.45) is 0 Å². The summed E-state index contributed by atoms with van der Waals surface area (Å²) < 4.78 is 4.66. The highest BCUT2D eigenvalue weighted by Gasteiger charge is 2.15. The van der Waals surface area contributed by atoms with Gasteiger partial charge in [0.25, 0.3) is 0 Å². The summed E-state index contributed by atoms with van der Waals surface area (Å²) in [5, 5.41) is 27.0. The number of carbonyl (C=O) groups is 2. The summed E-state index contributed by atoms with van der Waals surface area (Å²) in [6, 6.07) is 5.11. The fourth-order valence-electron chi connectivity index (χ4n) is 1.28. The topological polar surface area (TPSA) is 104 Å². The van der Waals surface area contributed by atoms with Gasteiger partial charge >= 0.3 is 11.9 Å². The van der Waals surface area contributed by atoms with Gasteiger partial charge in [0.1, 0.15) is 0 Å². The first-order valence-corrected chi connectivity index (χ1v) is 5.30.